The van der Waals surface area contributed by atoms with E-state index >= 15 is 0 Å². The number of hydrogen-bond donors (Lipinski definition) is 1. The van der Waals surface area contributed by atoms with E-state index in [1.165, 1.54) is 44.1 Å². The third kappa shape index (κ3) is 5.61. The molecule has 1 atom stereocenters. The SMILES string of the molecule is Cc1cc(F)ccc1-c1cc(N2CCCC2CO)ncc1N(C)C(=O)C(C)(C)c1cc(F)cc(C(F)(F)F)c1. The molecular formula is C29H30F5N3O2. The third-order valence-electron chi connectivity index (χ3n) is 7.38. The zero-order valence-corrected chi connectivity index (χ0v) is 22.1. The van der Waals surface area contributed by atoms with Crippen molar-refractivity contribution in [3.05, 3.63) is 77.0 Å². The largest absolute Gasteiger partial charge is 0.416 e. The minimum atomic E-state index is -4.78. The van der Waals surface area contributed by atoms with E-state index in [4.69, 9.17) is 0 Å². The monoisotopic (exact) mass is 547 g/mol. The zero-order valence-electron chi connectivity index (χ0n) is 22.1. The number of amides is 1. The van der Waals surface area contributed by atoms with Gasteiger partial charge >= 0.3 is 6.18 Å². The number of benzene rings is 2. The Balaban J connectivity index is 1.80. The number of rotatable bonds is 6. The van der Waals surface area contributed by atoms with Gasteiger partial charge in [-0.2, -0.15) is 13.2 Å². The molecule has 1 aliphatic rings. The second-order valence-electron chi connectivity index (χ2n) is 10.4. The number of anilines is 2. The second-order valence-corrected chi connectivity index (χ2v) is 10.4. The van der Waals surface area contributed by atoms with Crippen molar-refractivity contribution in [2.24, 2.45) is 0 Å². The van der Waals surface area contributed by atoms with Crippen LogP contribution in [0.15, 0.2) is 48.7 Å². The normalized spacial score (nSPS) is 16.1. The first-order chi connectivity index (χ1) is 18.2. The molecule has 1 unspecified atom stereocenters. The lowest BCUT2D eigenvalue weighted by atomic mass is 9.82. The summed E-state index contributed by atoms with van der Waals surface area (Å²) in [5.74, 6) is -1.54. The minimum absolute atomic E-state index is 0.0472. The smallest absolute Gasteiger partial charge is 0.394 e. The van der Waals surface area contributed by atoms with Crippen LogP contribution in [0, 0.1) is 18.6 Å². The van der Waals surface area contributed by atoms with Crippen molar-refractivity contribution in [2.45, 2.75) is 51.2 Å². The Morgan fingerprint density at radius 1 is 1.05 bits per heavy atom. The standard InChI is InChI=1S/C29H30F5N3O2/c1-17-10-20(30)7-8-23(17)24-14-26(37-9-5-6-22(37)16-38)35-15-25(24)36(4)27(39)28(2,3)18-11-19(29(32,33)34)13-21(31)12-18/h7-8,10-15,22,38H,5-6,9,16H2,1-4H3. The Labute approximate surface area is 223 Å². The maximum atomic E-state index is 14.2. The van der Waals surface area contributed by atoms with Crippen molar-refractivity contribution in [3.63, 3.8) is 0 Å². The van der Waals surface area contributed by atoms with E-state index in [2.05, 4.69) is 4.98 Å². The van der Waals surface area contributed by atoms with Gasteiger partial charge in [0.15, 0.2) is 0 Å². The maximum Gasteiger partial charge on any atom is 0.416 e. The van der Waals surface area contributed by atoms with Crippen molar-refractivity contribution in [1.82, 2.24) is 4.98 Å². The Kier molecular flexibility index (Phi) is 7.71. The van der Waals surface area contributed by atoms with Crippen LogP contribution < -0.4 is 9.80 Å². The number of aliphatic hydroxyl groups is 1. The third-order valence-corrected chi connectivity index (χ3v) is 7.38. The number of alkyl halides is 3. The van der Waals surface area contributed by atoms with Gasteiger partial charge in [0.1, 0.15) is 17.5 Å². The molecule has 3 aromatic rings. The number of halogens is 5. The van der Waals surface area contributed by atoms with E-state index in [0.717, 1.165) is 25.0 Å². The van der Waals surface area contributed by atoms with E-state index < -0.39 is 34.7 Å². The number of hydrogen-bond acceptors (Lipinski definition) is 4. The first kappa shape index (κ1) is 28.5. The van der Waals surface area contributed by atoms with Gasteiger partial charge in [-0.25, -0.2) is 13.8 Å². The van der Waals surface area contributed by atoms with Gasteiger partial charge in [0.2, 0.25) is 5.91 Å². The fraction of sp³-hybridized carbons (Fsp3) is 0.379. The summed E-state index contributed by atoms with van der Waals surface area (Å²) >= 11 is 0. The second kappa shape index (κ2) is 10.6. The molecule has 1 saturated heterocycles. The Morgan fingerprint density at radius 3 is 2.38 bits per heavy atom. The van der Waals surface area contributed by atoms with Gasteiger partial charge < -0.3 is 14.9 Å². The van der Waals surface area contributed by atoms with Crippen molar-refractivity contribution >= 4 is 17.4 Å². The van der Waals surface area contributed by atoms with Crippen LogP contribution in [0.25, 0.3) is 11.1 Å². The lowest BCUT2D eigenvalue weighted by Crippen LogP contribution is -2.42. The minimum Gasteiger partial charge on any atom is -0.394 e. The molecular weight excluding hydrogens is 517 g/mol. The summed E-state index contributed by atoms with van der Waals surface area (Å²) in [5, 5.41) is 9.80. The van der Waals surface area contributed by atoms with Crippen LogP contribution in [-0.4, -0.2) is 42.2 Å². The van der Waals surface area contributed by atoms with E-state index in [9.17, 15) is 31.9 Å². The Hall–Kier alpha value is -3.53. The highest BCUT2D eigenvalue weighted by molar-refractivity contribution is 6.03. The molecule has 39 heavy (non-hydrogen) atoms. The van der Waals surface area contributed by atoms with E-state index in [1.807, 2.05) is 4.90 Å². The van der Waals surface area contributed by atoms with Gasteiger partial charge in [-0.1, -0.05) is 6.07 Å². The van der Waals surface area contributed by atoms with Crippen molar-refractivity contribution in [2.75, 3.05) is 30.0 Å². The fourth-order valence-electron chi connectivity index (χ4n) is 5.10. The summed E-state index contributed by atoms with van der Waals surface area (Å²) in [7, 11) is 1.47. The number of pyridine rings is 1. The first-order valence-electron chi connectivity index (χ1n) is 12.5. The van der Waals surface area contributed by atoms with Crippen molar-refractivity contribution in [1.29, 1.82) is 0 Å². The predicted molar refractivity (Wildman–Crippen MR) is 140 cm³/mol. The average Bonchev–Trinajstić information content (AvgIpc) is 3.35. The van der Waals surface area contributed by atoms with Gasteiger partial charge in [0.25, 0.3) is 0 Å². The molecule has 1 N–H and O–H groups in total. The molecule has 5 nitrogen and oxygen atoms in total. The summed E-state index contributed by atoms with van der Waals surface area (Å²) in [4.78, 5) is 21.6. The molecule has 2 heterocycles. The zero-order chi connectivity index (χ0) is 28.7. The van der Waals surface area contributed by atoms with Crippen LogP contribution in [0.3, 0.4) is 0 Å². The van der Waals surface area contributed by atoms with Gasteiger partial charge in [-0.05, 0) is 86.7 Å². The number of likely N-dealkylation sites (N-methyl/N-ethyl adjacent to an activating group) is 1. The number of aromatic nitrogens is 1. The summed E-state index contributed by atoms with van der Waals surface area (Å²) in [5.41, 5.74) is -0.702. The predicted octanol–water partition coefficient (Wildman–Crippen LogP) is 6.26. The van der Waals surface area contributed by atoms with Gasteiger partial charge in [0.05, 0.1) is 35.5 Å². The van der Waals surface area contributed by atoms with Crippen LogP contribution >= 0.6 is 0 Å². The summed E-state index contributed by atoms with van der Waals surface area (Å²) in [6.45, 7) is 5.23. The van der Waals surface area contributed by atoms with Crippen LogP contribution in [0.4, 0.5) is 33.5 Å². The number of aliphatic hydroxyl groups excluding tert-OH is 1. The van der Waals surface area contributed by atoms with Crippen LogP contribution in [0.2, 0.25) is 0 Å². The Morgan fingerprint density at radius 2 is 1.74 bits per heavy atom. The molecule has 0 saturated carbocycles. The number of carbonyl (C=O) groups excluding carboxylic acids is 1. The molecule has 4 rings (SSSR count). The molecule has 1 aliphatic heterocycles. The van der Waals surface area contributed by atoms with Crippen molar-refractivity contribution < 1.29 is 31.9 Å². The molecule has 0 aliphatic carbocycles. The molecule has 208 valence electrons. The van der Waals surface area contributed by atoms with E-state index in [1.54, 1.807) is 19.1 Å². The molecule has 10 heteroatoms. The van der Waals surface area contributed by atoms with Gasteiger partial charge in [0, 0.05) is 19.2 Å². The van der Waals surface area contributed by atoms with Gasteiger partial charge in [-0.15, -0.1) is 0 Å². The quantitative estimate of drug-likeness (QED) is 0.371. The van der Waals surface area contributed by atoms with Crippen LogP contribution in [-0.2, 0) is 16.4 Å². The fourth-order valence-corrected chi connectivity index (χ4v) is 5.10. The number of nitrogens with zero attached hydrogens (tertiary/aromatic N) is 3. The van der Waals surface area contributed by atoms with Crippen LogP contribution in [0.5, 0.6) is 0 Å². The van der Waals surface area contributed by atoms with Crippen molar-refractivity contribution in [3.8, 4) is 11.1 Å². The molecule has 1 amide bonds. The summed E-state index contributed by atoms with van der Waals surface area (Å²) in [6, 6.07) is 8.01. The molecule has 1 aromatic heterocycles. The average molecular weight is 548 g/mol. The number of aryl methyl sites for hydroxylation is 1. The molecule has 1 fully saturated rings. The highest BCUT2D eigenvalue weighted by Gasteiger charge is 2.38. The highest BCUT2D eigenvalue weighted by atomic mass is 19.4. The molecule has 2 aromatic carbocycles. The molecule has 0 bridgehead atoms. The first-order valence-corrected chi connectivity index (χ1v) is 12.5. The summed E-state index contributed by atoms with van der Waals surface area (Å²) in [6.07, 6.45) is -1.62. The lowest BCUT2D eigenvalue weighted by Gasteiger charge is -2.32. The molecule has 0 radical (unpaired) electrons. The maximum absolute atomic E-state index is 14.2. The number of carbonyl (C=O) groups is 1. The topological polar surface area (TPSA) is 56.7 Å². The summed E-state index contributed by atoms with van der Waals surface area (Å²) < 4.78 is 68.3. The lowest BCUT2D eigenvalue weighted by molar-refractivity contribution is -0.138. The van der Waals surface area contributed by atoms with Gasteiger partial charge in [-0.3, -0.25) is 4.79 Å². The Bertz CT molecular complexity index is 1390. The van der Waals surface area contributed by atoms with Crippen LogP contribution in [0.1, 0.15) is 43.4 Å². The molecule has 0 spiro atoms. The van der Waals surface area contributed by atoms with E-state index in [0.29, 0.717) is 40.8 Å². The van der Waals surface area contributed by atoms with E-state index in [-0.39, 0.29) is 18.2 Å². The highest BCUT2D eigenvalue weighted by Crippen LogP contribution is 2.39.